The third-order valence-corrected chi connectivity index (χ3v) is 2.36. The van der Waals surface area contributed by atoms with Crippen LogP contribution in [0.25, 0.3) is 0 Å². The summed E-state index contributed by atoms with van der Waals surface area (Å²) < 4.78 is 42.7. The van der Waals surface area contributed by atoms with Crippen LogP contribution in [0.3, 0.4) is 0 Å². The maximum absolute atomic E-state index is 12.8. The predicted molar refractivity (Wildman–Crippen MR) is 63.8 cm³/mol. The van der Waals surface area contributed by atoms with Crippen molar-refractivity contribution in [3.05, 3.63) is 23.4 Å². The Balaban J connectivity index is 2.91. The van der Waals surface area contributed by atoms with Crippen molar-refractivity contribution >= 4 is 17.7 Å². The predicted octanol–water partition coefficient (Wildman–Crippen LogP) is 1.86. The van der Waals surface area contributed by atoms with Gasteiger partial charge in [-0.05, 0) is 6.07 Å². The minimum atomic E-state index is -4.77. The van der Waals surface area contributed by atoms with Crippen LogP contribution < -0.4 is 5.32 Å². The van der Waals surface area contributed by atoms with Crippen molar-refractivity contribution in [1.82, 2.24) is 4.98 Å². The number of amides is 1. The molecule has 0 fully saturated rings. The zero-order chi connectivity index (χ0) is 16.0. The first-order valence-electron chi connectivity index (χ1n) is 5.62. The lowest BCUT2D eigenvalue weighted by Crippen LogP contribution is -2.19. The Morgan fingerprint density at radius 1 is 1.43 bits per heavy atom. The van der Waals surface area contributed by atoms with Gasteiger partial charge in [0.15, 0.2) is 0 Å². The maximum Gasteiger partial charge on any atom is 0.420 e. The van der Waals surface area contributed by atoms with E-state index in [0.717, 1.165) is 13.3 Å². The lowest BCUT2D eigenvalue weighted by Gasteiger charge is -2.12. The van der Waals surface area contributed by atoms with Crippen LogP contribution >= 0.6 is 0 Å². The number of nitriles is 1. The minimum absolute atomic E-state index is 0.264. The lowest BCUT2D eigenvalue weighted by atomic mass is 10.2. The number of aromatic nitrogens is 1. The van der Waals surface area contributed by atoms with Crippen molar-refractivity contribution in [2.45, 2.75) is 19.0 Å². The number of pyridine rings is 1. The minimum Gasteiger partial charge on any atom is -0.469 e. The summed E-state index contributed by atoms with van der Waals surface area (Å²) in [7, 11) is 1.13. The number of methoxy groups -OCH3 is 1. The maximum atomic E-state index is 12.8. The van der Waals surface area contributed by atoms with Gasteiger partial charge in [0.2, 0.25) is 5.91 Å². The van der Waals surface area contributed by atoms with E-state index in [4.69, 9.17) is 5.26 Å². The fraction of sp³-hybridized carbons (Fsp3) is 0.333. The summed E-state index contributed by atoms with van der Waals surface area (Å²) in [5, 5.41) is 10.5. The molecule has 0 aromatic carbocycles. The molecule has 112 valence electrons. The molecule has 1 aromatic heterocycles. The lowest BCUT2D eigenvalue weighted by molar-refractivity contribution is -0.142. The molecule has 1 N–H and O–H groups in total. The SMILES string of the molecule is COC(=O)CCC(=O)Nc1ncc(C#N)cc1C(F)(F)F. The van der Waals surface area contributed by atoms with E-state index in [2.05, 4.69) is 9.72 Å². The Bertz CT molecular complexity index is 594. The number of halogens is 3. The number of nitrogens with one attached hydrogen (secondary N) is 1. The molecule has 0 unspecified atom stereocenters. The highest BCUT2D eigenvalue weighted by atomic mass is 19.4. The van der Waals surface area contributed by atoms with Crippen LogP contribution in [0.15, 0.2) is 12.3 Å². The highest BCUT2D eigenvalue weighted by molar-refractivity contribution is 5.92. The van der Waals surface area contributed by atoms with Crippen molar-refractivity contribution in [3.8, 4) is 6.07 Å². The molecule has 0 atom stereocenters. The molecule has 1 amide bonds. The van der Waals surface area contributed by atoms with Gasteiger partial charge >= 0.3 is 12.1 Å². The fourth-order valence-electron chi connectivity index (χ4n) is 1.35. The zero-order valence-electron chi connectivity index (χ0n) is 10.8. The number of hydrogen-bond acceptors (Lipinski definition) is 5. The van der Waals surface area contributed by atoms with Gasteiger partial charge in [-0.25, -0.2) is 4.98 Å². The van der Waals surface area contributed by atoms with E-state index in [1.807, 2.05) is 5.32 Å². The summed E-state index contributed by atoms with van der Waals surface area (Å²) in [6, 6.07) is 2.12. The monoisotopic (exact) mass is 301 g/mol. The van der Waals surface area contributed by atoms with Crippen LogP contribution in [-0.2, 0) is 20.5 Å². The second-order valence-corrected chi connectivity index (χ2v) is 3.85. The number of carbonyl (C=O) groups is 2. The third kappa shape index (κ3) is 4.76. The highest BCUT2D eigenvalue weighted by Gasteiger charge is 2.35. The molecule has 21 heavy (non-hydrogen) atoms. The topological polar surface area (TPSA) is 92.1 Å². The van der Waals surface area contributed by atoms with Gasteiger partial charge in [-0.3, -0.25) is 9.59 Å². The number of anilines is 1. The van der Waals surface area contributed by atoms with Crippen molar-refractivity contribution in [2.24, 2.45) is 0 Å². The van der Waals surface area contributed by atoms with Gasteiger partial charge in [-0.15, -0.1) is 0 Å². The molecule has 0 bridgehead atoms. The van der Waals surface area contributed by atoms with E-state index in [0.29, 0.717) is 6.07 Å². The van der Waals surface area contributed by atoms with E-state index in [1.165, 1.54) is 6.07 Å². The largest absolute Gasteiger partial charge is 0.469 e. The van der Waals surface area contributed by atoms with Gasteiger partial charge in [0.1, 0.15) is 11.9 Å². The Hall–Kier alpha value is -2.63. The standard InChI is InChI=1S/C12H10F3N3O3/c1-21-10(20)3-2-9(19)18-11-8(12(13,14)15)4-7(5-16)6-17-11/h4,6H,2-3H2,1H3,(H,17,18,19). The summed E-state index contributed by atoms with van der Waals surface area (Å²) >= 11 is 0. The molecule has 0 spiro atoms. The summed E-state index contributed by atoms with van der Waals surface area (Å²) in [5.41, 5.74) is -1.51. The second-order valence-electron chi connectivity index (χ2n) is 3.85. The molecule has 6 nitrogen and oxygen atoms in total. The first-order valence-corrected chi connectivity index (χ1v) is 5.62. The fourth-order valence-corrected chi connectivity index (χ4v) is 1.35. The molecule has 1 aromatic rings. The number of esters is 1. The third-order valence-electron chi connectivity index (χ3n) is 2.36. The Morgan fingerprint density at radius 2 is 2.10 bits per heavy atom. The van der Waals surface area contributed by atoms with E-state index in [9.17, 15) is 22.8 Å². The van der Waals surface area contributed by atoms with Crippen molar-refractivity contribution in [3.63, 3.8) is 0 Å². The average Bonchev–Trinajstić information content (AvgIpc) is 2.44. The molecule has 0 aliphatic rings. The van der Waals surface area contributed by atoms with Crippen LogP contribution in [0.1, 0.15) is 24.0 Å². The first kappa shape index (κ1) is 16.4. The van der Waals surface area contributed by atoms with Crippen LogP contribution in [0.5, 0.6) is 0 Å². The number of rotatable bonds is 4. The summed E-state index contributed by atoms with van der Waals surface area (Å²) in [6.45, 7) is 0. The van der Waals surface area contributed by atoms with E-state index in [1.54, 1.807) is 0 Å². The van der Waals surface area contributed by atoms with E-state index in [-0.39, 0.29) is 18.4 Å². The molecular formula is C12H10F3N3O3. The molecule has 0 saturated carbocycles. The van der Waals surface area contributed by atoms with E-state index >= 15 is 0 Å². The Labute approximate surface area is 117 Å². The smallest absolute Gasteiger partial charge is 0.420 e. The van der Waals surface area contributed by atoms with Crippen LogP contribution in [0.4, 0.5) is 19.0 Å². The molecule has 0 radical (unpaired) electrons. The number of hydrogen-bond donors (Lipinski definition) is 1. The molecular weight excluding hydrogens is 291 g/mol. The number of ether oxygens (including phenoxy) is 1. The molecule has 1 rings (SSSR count). The second kappa shape index (κ2) is 6.69. The van der Waals surface area contributed by atoms with Crippen LogP contribution in [0.2, 0.25) is 0 Å². The van der Waals surface area contributed by atoms with Crippen LogP contribution in [0, 0.1) is 11.3 Å². The Kier molecular flexibility index (Phi) is 5.24. The van der Waals surface area contributed by atoms with Gasteiger partial charge in [0, 0.05) is 12.6 Å². The molecule has 9 heteroatoms. The molecule has 0 aliphatic carbocycles. The van der Waals surface area contributed by atoms with Crippen molar-refractivity contribution in [1.29, 1.82) is 5.26 Å². The summed E-state index contributed by atoms with van der Waals surface area (Å²) in [4.78, 5) is 25.7. The van der Waals surface area contributed by atoms with E-state index < -0.39 is 29.4 Å². The van der Waals surface area contributed by atoms with Gasteiger partial charge in [0.25, 0.3) is 0 Å². The quantitative estimate of drug-likeness (QED) is 0.857. The summed E-state index contributed by atoms with van der Waals surface area (Å²) in [6.07, 6.45) is -4.47. The first-order chi connectivity index (χ1) is 9.77. The molecule has 0 aliphatic heterocycles. The Morgan fingerprint density at radius 3 is 2.62 bits per heavy atom. The van der Waals surface area contributed by atoms with Gasteiger partial charge in [-0.2, -0.15) is 18.4 Å². The van der Waals surface area contributed by atoms with Crippen LogP contribution in [-0.4, -0.2) is 24.0 Å². The molecule has 1 heterocycles. The number of carbonyl (C=O) groups excluding carboxylic acids is 2. The van der Waals surface area contributed by atoms with Crippen molar-refractivity contribution < 1.29 is 27.5 Å². The molecule has 0 saturated heterocycles. The van der Waals surface area contributed by atoms with Gasteiger partial charge < -0.3 is 10.1 Å². The number of alkyl halides is 3. The van der Waals surface area contributed by atoms with Gasteiger partial charge in [0.05, 0.1) is 24.7 Å². The zero-order valence-corrected chi connectivity index (χ0v) is 10.8. The van der Waals surface area contributed by atoms with Crippen molar-refractivity contribution in [2.75, 3.05) is 12.4 Å². The highest BCUT2D eigenvalue weighted by Crippen LogP contribution is 2.34. The summed E-state index contributed by atoms with van der Waals surface area (Å²) in [5.74, 6) is -2.19. The number of nitrogens with zero attached hydrogens (tertiary/aromatic N) is 2. The average molecular weight is 301 g/mol. The van der Waals surface area contributed by atoms with Gasteiger partial charge in [-0.1, -0.05) is 0 Å². The normalized spacial score (nSPS) is 10.6.